The topological polar surface area (TPSA) is 81.7 Å². The summed E-state index contributed by atoms with van der Waals surface area (Å²) >= 11 is 0. The highest BCUT2D eigenvalue weighted by Gasteiger charge is 2.18. The quantitative estimate of drug-likeness (QED) is 0.568. The van der Waals surface area contributed by atoms with E-state index in [2.05, 4.69) is 5.32 Å². The molecule has 1 N–H and O–H groups in total. The molecule has 0 saturated heterocycles. The number of anilines is 1. The van der Waals surface area contributed by atoms with Crippen molar-refractivity contribution in [3.8, 4) is 5.75 Å². The lowest BCUT2D eigenvalue weighted by Gasteiger charge is -2.14. The number of esters is 1. The van der Waals surface area contributed by atoms with Gasteiger partial charge in [-0.15, -0.1) is 0 Å². The van der Waals surface area contributed by atoms with E-state index in [1.54, 1.807) is 24.3 Å². The molecule has 0 spiro atoms. The zero-order valence-electron chi connectivity index (χ0n) is 15.7. The van der Waals surface area contributed by atoms with Crippen LogP contribution in [0.25, 0.3) is 0 Å². The first kappa shape index (κ1) is 20.2. The molecule has 2 rings (SSSR count). The van der Waals surface area contributed by atoms with Gasteiger partial charge in [0, 0.05) is 11.3 Å². The van der Waals surface area contributed by atoms with Gasteiger partial charge in [-0.25, -0.2) is 0 Å². The number of nitrogens with one attached hydrogen (secondary N) is 1. The van der Waals surface area contributed by atoms with E-state index in [0.717, 1.165) is 5.56 Å². The van der Waals surface area contributed by atoms with Gasteiger partial charge in [-0.1, -0.05) is 30.3 Å². The molecule has 0 aromatic heterocycles. The molecule has 0 unspecified atom stereocenters. The van der Waals surface area contributed by atoms with Crippen LogP contribution in [0, 0.1) is 6.92 Å². The van der Waals surface area contributed by atoms with Gasteiger partial charge in [-0.3, -0.25) is 14.4 Å². The third-order valence-electron chi connectivity index (χ3n) is 3.87. The minimum absolute atomic E-state index is 0.0335. The Bertz CT molecular complexity index is 831. The Hall–Kier alpha value is -3.15. The molecule has 0 radical (unpaired) electrons. The lowest BCUT2D eigenvalue weighted by Crippen LogP contribution is -2.30. The van der Waals surface area contributed by atoms with Gasteiger partial charge in [0.25, 0.3) is 5.91 Å². The molecule has 6 nitrogen and oxygen atoms in total. The summed E-state index contributed by atoms with van der Waals surface area (Å²) in [6, 6.07) is 14.1. The van der Waals surface area contributed by atoms with E-state index in [0.29, 0.717) is 17.0 Å². The fourth-order valence-electron chi connectivity index (χ4n) is 2.33. The number of ether oxygens (including phenoxy) is 2. The average Bonchev–Trinajstić information content (AvgIpc) is 2.63. The van der Waals surface area contributed by atoms with Gasteiger partial charge in [-0.2, -0.15) is 0 Å². The van der Waals surface area contributed by atoms with Crippen molar-refractivity contribution in [1.82, 2.24) is 0 Å². The normalized spacial score (nSPS) is 11.4. The fourth-order valence-corrected chi connectivity index (χ4v) is 2.33. The van der Waals surface area contributed by atoms with Crippen molar-refractivity contribution in [3.05, 3.63) is 59.7 Å². The maximum Gasteiger partial charge on any atom is 0.310 e. The molecule has 0 fully saturated rings. The highest BCUT2D eigenvalue weighted by molar-refractivity contribution is 5.98. The molecule has 0 saturated carbocycles. The van der Waals surface area contributed by atoms with Crippen molar-refractivity contribution >= 4 is 23.3 Å². The minimum atomic E-state index is -0.961. The van der Waals surface area contributed by atoms with E-state index in [1.807, 2.05) is 31.2 Å². The molecular formula is C21H23NO5. The molecule has 2 aromatic rings. The number of benzene rings is 2. The zero-order chi connectivity index (χ0) is 19.8. The van der Waals surface area contributed by atoms with Crippen LogP contribution >= 0.6 is 0 Å². The summed E-state index contributed by atoms with van der Waals surface area (Å²) in [5.74, 6) is -0.381. The van der Waals surface area contributed by atoms with Crippen molar-refractivity contribution in [2.24, 2.45) is 0 Å². The minimum Gasteiger partial charge on any atom is -0.493 e. The Balaban J connectivity index is 1.79. The van der Waals surface area contributed by atoms with Crippen LogP contribution in [0.15, 0.2) is 48.5 Å². The van der Waals surface area contributed by atoms with Crippen LogP contribution in [-0.2, 0) is 14.3 Å². The summed E-state index contributed by atoms with van der Waals surface area (Å²) in [6.07, 6.45) is -0.928. The molecule has 1 amide bonds. The van der Waals surface area contributed by atoms with Gasteiger partial charge >= 0.3 is 5.97 Å². The van der Waals surface area contributed by atoms with Crippen LogP contribution in [0.2, 0.25) is 0 Å². The lowest BCUT2D eigenvalue weighted by atomic mass is 10.1. The Labute approximate surface area is 158 Å². The second-order valence-electron chi connectivity index (χ2n) is 6.12. The van der Waals surface area contributed by atoms with E-state index in [1.165, 1.54) is 13.8 Å². The maximum absolute atomic E-state index is 12.2. The van der Waals surface area contributed by atoms with Gasteiger partial charge in [-0.05, 0) is 44.5 Å². The van der Waals surface area contributed by atoms with Crippen LogP contribution in [0.4, 0.5) is 5.69 Å². The number of carbonyl (C=O) groups is 3. The summed E-state index contributed by atoms with van der Waals surface area (Å²) in [7, 11) is 0. The Morgan fingerprint density at radius 2 is 1.81 bits per heavy atom. The van der Waals surface area contributed by atoms with Gasteiger partial charge in [0.15, 0.2) is 11.9 Å². The van der Waals surface area contributed by atoms with Crippen molar-refractivity contribution in [1.29, 1.82) is 0 Å². The van der Waals surface area contributed by atoms with Gasteiger partial charge in [0.1, 0.15) is 5.75 Å². The summed E-state index contributed by atoms with van der Waals surface area (Å²) in [4.78, 5) is 35.5. The van der Waals surface area contributed by atoms with E-state index in [9.17, 15) is 14.4 Å². The summed E-state index contributed by atoms with van der Waals surface area (Å²) in [6.45, 7) is 5.02. The molecular weight excluding hydrogens is 346 g/mol. The number of amides is 1. The van der Waals surface area contributed by atoms with Crippen molar-refractivity contribution < 1.29 is 23.9 Å². The first-order valence-electron chi connectivity index (χ1n) is 8.66. The van der Waals surface area contributed by atoms with Crippen LogP contribution in [0.5, 0.6) is 5.75 Å². The molecule has 0 heterocycles. The molecule has 0 bridgehead atoms. The van der Waals surface area contributed by atoms with Gasteiger partial charge in [0.2, 0.25) is 0 Å². The SMILES string of the molecule is CC(=O)c1cccc(NC(=O)[C@@H](C)OC(=O)CCOc2ccccc2C)c1. The first-order chi connectivity index (χ1) is 12.9. The molecule has 0 aliphatic carbocycles. The standard InChI is InChI=1S/C21H23NO5/c1-14-7-4-5-10-19(14)26-12-11-20(24)27-16(3)21(25)22-18-9-6-8-17(13-18)15(2)23/h4-10,13,16H,11-12H2,1-3H3,(H,22,25)/t16-/m1/s1. The van der Waals surface area contributed by atoms with Crippen molar-refractivity contribution in [3.63, 3.8) is 0 Å². The van der Waals surface area contributed by atoms with Crippen molar-refractivity contribution in [2.45, 2.75) is 33.3 Å². The molecule has 0 aliphatic rings. The van der Waals surface area contributed by atoms with Crippen LogP contribution in [0.1, 0.15) is 36.2 Å². The predicted molar refractivity (Wildman–Crippen MR) is 102 cm³/mol. The second kappa shape index (κ2) is 9.52. The molecule has 6 heteroatoms. The summed E-state index contributed by atoms with van der Waals surface area (Å²) < 4.78 is 10.7. The number of carbonyl (C=O) groups excluding carboxylic acids is 3. The summed E-state index contributed by atoms with van der Waals surface area (Å²) in [5, 5.41) is 2.63. The van der Waals surface area contributed by atoms with E-state index in [4.69, 9.17) is 9.47 Å². The maximum atomic E-state index is 12.2. The van der Waals surface area contributed by atoms with Gasteiger partial charge in [0.05, 0.1) is 13.0 Å². The van der Waals surface area contributed by atoms with E-state index in [-0.39, 0.29) is 18.8 Å². The highest BCUT2D eigenvalue weighted by atomic mass is 16.5. The molecule has 27 heavy (non-hydrogen) atoms. The predicted octanol–water partition coefficient (Wildman–Crippen LogP) is 3.54. The molecule has 0 aliphatic heterocycles. The Morgan fingerprint density at radius 3 is 2.52 bits per heavy atom. The number of ketones is 1. The highest BCUT2D eigenvalue weighted by Crippen LogP contribution is 2.16. The summed E-state index contributed by atoms with van der Waals surface area (Å²) in [5.41, 5.74) is 1.94. The third-order valence-corrected chi connectivity index (χ3v) is 3.87. The van der Waals surface area contributed by atoms with Crippen molar-refractivity contribution in [2.75, 3.05) is 11.9 Å². The molecule has 2 aromatic carbocycles. The van der Waals surface area contributed by atoms with E-state index < -0.39 is 18.0 Å². The Kier molecular flexibility index (Phi) is 7.11. The van der Waals surface area contributed by atoms with Crippen LogP contribution in [-0.4, -0.2) is 30.4 Å². The molecule has 142 valence electrons. The number of aryl methyl sites for hydroxylation is 1. The largest absolute Gasteiger partial charge is 0.493 e. The fraction of sp³-hybridized carbons (Fsp3) is 0.286. The van der Waals surface area contributed by atoms with Gasteiger partial charge < -0.3 is 14.8 Å². The van der Waals surface area contributed by atoms with Crippen LogP contribution < -0.4 is 10.1 Å². The Morgan fingerprint density at radius 1 is 1.07 bits per heavy atom. The average molecular weight is 369 g/mol. The smallest absolute Gasteiger partial charge is 0.310 e. The van der Waals surface area contributed by atoms with Crippen LogP contribution in [0.3, 0.4) is 0 Å². The lowest BCUT2D eigenvalue weighted by molar-refractivity contribution is -0.153. The first-order valence-corrected chi connectivity index (χ1v) is 8.66. The molecule has 1 atom stereocenters. The second-order valence-corrected chi connectivity index (χ2v) is 6.12. The monoisotopic (exact) mass is 369 g/mol. The number of hydrogen-bond donors (Lipinski definition) is 1. The third kappa shape index (κ3) is 6.26. The number of Topliss-reactive ketones (excluding diaryl/α,β-unsaturated/α-hetero) is 1. The number of para-hydroxylation sites is 1. The zero-order valence-corrected chi connectivity index (χ0v) is 15.7. The van der Waals surface area contributed by atoms with E-state index >= 15 is 0 Å². The number of rotatable bonds is 8. The number of hydrogen-bond acceptors (Lipinski definition) is 5.